The van der Waals surface area contributed by atoms with Gasteiger partial charge in [-0.3, -0.25) is 9.59 Å². The molecular weight excluding hydrogens is 561 g/mol. The third-order valence-electron chi connectivity index (χ3n) is 7.46. The van der Waals surface area contributed by atoms with Crippen LogP contribution in [0.2, 0.25) is 0 Å². The van der Waals surface area contributed by atoms with Gasteiger partial charge in [0, 0.05) is 17.7 Å². The van der Waals surface area contributed by atoms with Crippen molar-refractivity contribution in [3.8, 4) is 11.1 Å². The number of halogens is 3. The maximum Gasteiger partial charge on any atom is 0.416 e. The van der Waals surface area contributed by atoms with Crippen molar-refractivity contribution in [2.75, 3.05) is 5.32 Å². The molecule has 2 atom stereocenters. The molecule has 1 aliphatic carbocycles. The number of hydrogen-bond acceptors (Lipinski definition) is 5. The number of nitrogens with one attached hydrogen (secondary N) is 1. The summed E-state index contributed by atoms with van der Waals surface area (Å²) < 4.78 is 39.6. The van der Waals surface area contributed by atoms with Crippen molar-refractivity contribution in [1.82, 2.24) is 4.98 Å². The molecule has 2 unspecified atom stereocenters. The van der Waals surface area contributed by atoms with Crippen LogP contribution in [-0.2, 0) is 11.0 Å². The second-order valence-corrected chi connectivity index (χ2v) is 11.5. The quantitative estimate of drug-likeness (QED) is 0.180. The summed E-state index contributed by atoms with van der Waals surface area (Å²) in [5.41, 5.74) is 3.78. The van der Waals surface area contributed by atoms with E-state index in [0.717, 1.165) is 58.7 Å². The molecule has 0 saturated carbocycles. The predicted molar refractivity (Wildman–Crippen MR) is 160 cm³/mol. The van der Waals surface area contributed by atoms with Crippen LogP contribution in [0.5, 0.6) is 0 Å². The molecule has 0 aliphatic heterocycles. The molecule has 0 saturated heterocycles. The molecule has 0 bridgehead atoms. The molecule has 5 nitrogen and oxygen atoms in total. The monoisotopic (exact) mass is 590 g/mol. The molecule has 3 aromatic carbocycles. The van der Waals surface area contributed by atoms with E-state index in [0.29, 0.717) is 33.3 Å². The molecule has 4 aromatic rings. The number of nitrogens with zero attached hydrogens (tertiary/aromatic N) is 1. The van der Waals surface area contributed by atoms with Crippen molar-refractivity contribution in [3.05, 3.63) is 102 Å². The van der Waals surface area contributed by atoms with Gasteiger partial charge in [0.05, 0.1) is 21.7 Å². The molecule has 1 aromatic heterocycles. The summed E-state index contributed by atoms with van der Waals surface area (Å²) in [6, 6.07) is 16.4. The lowest BCUT2D eigenvalue weighted by Crippen LogP contribution is -2.19. The highest BCUT2D eigenvalue weighted by atomic mass is 32.1. The largest absolute Gasteiger partial charge is 0.481 e. The van der Waals surface area contributed by atoms with Gasteiger partial charge in [-0.15, -0.1) is 0 Å². The fourth-order valence-electron chi connectivity index (χ4n) is 5.02. The maximum absolute atomic E-state index is 13.1. The zero-order chi connectivity index (χ0) is 29.9. The van der Waals surface area contributed by atoms with E-state index in [2.05, 4.69) is 22.5 Å². The van der Waals surface area contributed by atoms with Gasteiger partial charge in [-0.25, -0.2) is 4.98 Å². The highest BCUT2D eigenvalue weighted by Crippen LogP contribution is 2.36. The second kappa shape index (κ2) is 12.3. The third-order valence-corrected chi connectivity index (χ3v) is 8.39. The van der Waals surface area contributed by atoms with Crippen LogP contribution in [-0.4, -0.2) is 21.8 Å². The maximum atomic E-state index is 13.1. The lowest BCUT2D eigenvalue weighted by molar-refractivity contribution is -0.142. The van der Waals surface area contributed by atoms with E-state index in [4.69, 9.17) is 0 Å². The van der Waals surface area contributed by atoms with Gasteiger partial charge >= 0.3 is 12.1 Å². The highest BCUT2D eigenvalue weighted by Gasteiger charge is 2.30. The number of Topliss-reactive ketones (excluding diaryl/α,β-unsaturated/α-hetero) is 1. The van der Waals surface area contributed by atoms with Crippen molar-refractivity contribution in [2.45, 2.75) is 38.8 Å². The average Bonchev–Trinajstić information content (AvgIpc) is 3.38. The number of carbonyl (C=O) groups is 2. The molecular formula is C33H29F3N2O3S. The van der Waals surface area contributed by atoms with Crippen LogP contribution < -0.4 is 5.32 Å². The first kappa shape index (κ1) is 29.3. The SMILES string of the molecule is Cc1cc(-c2ccc(C(=O)CC(CCC3C=CC=CC3)C(=O)O)cc2)ccc1Nc1nc2ccc(C(F)(F)F)cc2s1. The summed E-state index contributed by atoms with van der Waals surface area (Å²) in [7, 11) is 0. The first-order valence-corrected chi connectivity index (χ1v) is 14.4. The molecule has 42 heavy (non-hydrogen) atoms. The van der Waals surface area contributed by atoms with E-state index in [1.54, 1.807) is 12.1 Å². The summed E-state index contributed by atoms with van der Waals surface area (Å²) in [6.07, 6.45) is 5.74. The lowest BCUT2D eigenvalue weighted by atomic mass is 9.88. The zero-order valence-electron chi connectivity index (χ0n) is 22.8. The summed E-state index contributed by atoms with van der Waals surface area (Å²) in [5.74, 6) is -1.55. The Labute approximate surface area is 245 Å². The number of carboxylic acid groups (broad SMARTS) is 1. The van der Waals surface area contributed by atoms with Gasteiger partial charge in [0.15, 0.2) is 10.9 Å². The van der Waals surface area contributed by atoms with E-state index in [1.807, 2.05) is 49.4 Å². The van der Waals surface area contributed by atoms with Crippen LogP contribution >= 0.6 is 11.3 Å². The first-order chi connectivity index (χ1) is 20.1. The summed E-state index contributed by atoms with van der Waals surface area (Å²) in [6.45, 7) is 1.92. The summed E-state index contributed by atoms with van der Waals surface area (Å²) in [4.78, 5) is 29.1. The van der Waals surface area contributed by atoms with Gasteiger partial charge in [0.2, 0.25) is 0 Å². The van der Waals surface area contributed by atoms with Crippen LogP contribution in [0.4, 0.5) is 24.0 Å². The molecule has 0 radical (unpaired) electrons. The number of hydrogen-bond donors (Lipinski definition) is 2. The number of anilines is 2. The van der Waals surface area contributed by atoms with E-state index in [9.17, 15) is 27.9 Å². The molecule has 0 spiro atoms. The standard InChI is InChI=1S/C33H29F3N2O3S/c1-20-17-24(13-15-27(20)37-32-38-28-16-14-26(33(34,35)36)19-30(28)42-32)22-9-11-23(12-10-22)29(39)18-25(31(40)41)8-7-21-5-3-2-4-6-21/h2-5,9-17,19,21,25H,6-8,18H2,1H3,(H,37,38)(H,40,41). The fraction of sp³-hybridized carbons (Fsp3) is 0.242. The van der Waals surface area contributed by atoms with Crippen molar-refractivity contribution >= 4 is 44.1 Å². The topological polar surface area (TPSA) is 79.3 Å². The number of aliphatic carboxylic acids is 1. The molecule has 1 heterocycles. The van der Waals surface area contributed by atoms with Crippen LogP contribution in [0, 0.1) is 18.8 Å². The number of thiazole rings is 1. The Hall–Kier alpha value is -4.24. The summed E-state index contributed by atoms with van der Waals surface area (Å²) >= 11 is 1.16. The van der Waals surface area contributed by atoms with Gasteiger partial charge in [-0.2, -0.15) is 13.2 Å². The van der Waals surface area contributed by atoms with Gasteiger partial charge in [0.25, 0.3) is 0 Å². The van der Waals surface area contributed by atoms with Crippen molar-refractivity contribution in [1.29, 1.82) is 0 Å². The zero-order valence-corrected chi connectivity index (χ0v) is 23.6. The van der Waals surface area contributed by atoms with Gasteiger partial charge in [0.1, 0.15) is 0 Å². The smallest absolute Gasteiger partial charge is 0.416 e. The Morgan fingerprint density at radius 2 is 1.81 bits per heavy atom. The third kappa shape index (κ3) is 6.97. The second-order valence-electron chi connectivity index (χ2n) is 10.5. The molecule has 0 amide bonds. The number of carboxylic acids is 1. The number of aryl methyl sites for hydroxylation is 1. The Bertz CT molecular complexity index is 1670. The number of alkyl halides is 3. The molecule has 9 heteroatoms. The minimum Gasteiger partial charge on any atom is -0.481 e. The van der Waals surface area contributed by atoms with E-state index in [-0.39, 0.29) is 12.2 Å². The molecule has 0 fully saturated rings. The van der Waals surface area contributed by atoms with Crippen LogP contribution in [0.1, 0.15) is 47.2 Å². The Morgan fingerprint density at radius 1 is 1.05 bits per heavy atom. The Kier molecular flexibility index (Phi) is 8.59. The number of fused-ring (bicyclic) bond motifs is 1. The number of rotatable bonds is 10. The number of allylic oxidation sites excluding steroid dienone is 4. The van der Waals surface area contributed by atoms with E-state index < -0.39 is 23.6 Å². The predicted octanol–water partition coefficient (Wildman–Crippen LogP) is 9.22. The van der Waals surface area contributed by atoms with E-state index >= 15 is 0 Å². The average molecular weight is 591 g/mol. The van der Waals surface area contributed by atoms with Crippen molar-refractivity contribution in [3.63, 3.8) is 0 Å². The van der Waals surface area contributed by atoms with Crippen LogP contribution in [0.15, 0.2) is 85.0 Å². The number of ketones is 1. The molecule has 2 N–H and O–H groups in total. The number of carbonyl (C=O) groups excluding carboxylic acids is 1. The van der Waals surface area contributed by atoms with E-state index in [1.165, 1.54) is 6.07 Å². The van der Waals surface area contributed by atoms with Gasteiger partial charge in [-0.1, -0.05) is 66.0 Å². The number of aromatic nitrogens is 1. The molecule has 1 aliphatic rings. The first-order valence-electron chi connectivity index (χ1n) is 13.6. The van der Waals surface area contributed by atoms with Gasteiger partial charge < -0.3 is 10.4 Å². The lowest BCUT2D eigenvalue weighted by Gasteiger charge is -2.16. The highest BCUT2D eigenvalue weighted by molar-refractivity contribution is 7.22. The molecule has 5 rings (SSSR count). The van der Waals surface area contributed by atoms with Crippen LogP contribution in [0.3, 0.4) is 0 Å². The fourth-order valence-corrected chi connectivity index (χ4v) is 5.93. The Balaban J connectivity index is 1.23. The minimum absolute atomic E-state index is 0.0380. The van der Waals surface area contributed by atoms with Crippen molar-refractivity contribution in [2.24, 2.45) is 11.8 Å². The normalized spacial score (nSPS) is 15.6. The summed E-state index contributed by atoms with van der Waals surface area (Å²) in [5, 5.41) is 13.4. The number of benzene rings is 3. The van der Waals surface area contributed by atoms with Crippen LogP contribution in [0.25, 0.3) is 21.3 Å². The van der Waals surface area contributed by atoms with Crippen molar-refractivity contribution < 1.29 is 27.9 Å². The Morgan fingerprint density at radius 3 is 2.48 bits per heavy atom. The molecule has 216 valence electrons. The minimum atomic E-state index is -4.41. The van der Waals surface area contributed by atoms with Gasteiger partial charge in [-0.05, 0) is 79.1 Å².